The number of hydrogen-bond acceptors (Lipinski definition) is 2. The van der Waals surface area contributed by atoms with Crippen LogP contribution < -0.4 is 4.74 Å². The van der Waals surface area contributed by atoms with Gasteiger partial charge in [-0.05, 0) is 34.5 Å². The fraction of sp³-hybridized carbons (Fsp3) is 0. The highest BCUT2D eigenvalue weighted by Crippen LogP contribution is 2.20. The predicted octanol–water partition coefficient (Wildman–Crippen LogP) is 4.46. The summed E-state index contributed by atoms with van der Waals surface area (Å²) in [6.07, 6.45) is 3.17. The second-order valence-electron chi connectivity index (χ2n) is 4.67. The monoisotopic (exact) mass is 274 g/mol. The summed E-state index contributed by atoms with van der Waals surface area (Å²) in [4.78, 5) is 11.8. The molecule has 0 heterocycles. The van der Waals surface area contributed by atoms with Crippen molar-refractivity contribution in [2.24, 2.45) is 0 Å². The maximum Gasteiger partial charge on any atom is 0.336 e. The molecule has 0 aliphatic rings. The van der Waals surface area contributed by atoms with Crippen LogP contribution in [0.2, 0.25) is 0 Å². The number of carbonyl (C=O) groups is 1. The number of hydrogen-bond donors (Lipinski definition) is 0. The molecule has 0 N–H and O–H groups in total. The number of esters is 1. The molecule has 3 aromatic rings. The van der Waals surface area contributed by atoms with Crippen LogP contribution in [0.15, 0.2) is 78.9 Å². The van der Waals surface area contributed by atoms with E-state index < -0.39 is 0 Å². The summed E-state index contributed by atoms with van der Waals surface area (Å²) in [6.45, 7) is 0. The van der Waals surface area contributed by atoms with Crippen LogP contribution in [0, 0.1) is 0 Å². The van der Waals surface area contributed by atoms with Crippen molar-refractivity contribution in [2.45, 2.75) is 0 Å². The van der Waals surface area contributed by atoms with Crippen molar-refractivity contribution in [1.82, 2.24) is 0 Å². The molecule has 2 nitrogen and oxygen atoms in total. The van der Waals surface area contributed by atoms with Crippen molar-refractivity contribution in [2.75, 3.05) is 0 Å². The van der Waals surface area contributed by atoms with Crippen molar-refractivity contribution >= 4 is 22.8 Å². The summed E-state index contributed by atoms with van der Waals surface area (Å²) in [5, 5.41) is 2.17. The molecule has 0 spiro atoms. The molecule has 2 heteroatoms. The fourth-order valence-corrected chi connectivity index (χ4v) is 2.11. The zero-order valence-corrected chi connectivity index (χ0v) is 11.4. The maximum atomic E-state index is 11.8. The van der Waals surface area contributed by atoms with E-state index in [0.29, 0.717) is 5.75 Å². The van der Waals surface area contributed by atoms with Gasteiger partial charge in [0.1, 0.15) is 5.75 Å². The van der Waals surface area contributed by atoms with Gasteiger partial charge in [-0.25, -0.2) is 4.79 Å². The minimum absolute atomic E-state index is 0.380. The standard InChI is InChI=1S/C19H14O2/c20-19(13-10-15-6-2-1-3-7-15)21-18-12-11-16-8-4-5-9-17(16)14-18/h1-14H/b13-10-. The first-order valence-electron chi connectivity index (χ1n) is 6.75. The van der Waals surface area contributed by atoms with Crippen molar-refractivity contribution in [3.05, 3.63) is 84.4 Å². The molecule has 0 amide bonds. The average molecular weight is 274 g/mol. The van der Waals surface area contributed by atoms with Crippen LogP contribution in [-0.2, 0) is 4.79 Å². The molecule has 0 aliphatic heterocycles. The van der Waals surface area contributed by atoms with Gasteiger partial charge in [0, 0.05) is 6.08 Å². The third-order valence-corrected chi connectivity index (χ3v) is 3.15. The Morgan fingerprint density at radius 2 is 1.52 bits per heavy atom. The second kappa shape index (κ2) is 6.06. The Morgan fingerprint density at radius 3 is 2.33 bits per heavy atom. The van der Waals surface area contributed by atoms with Gasteiger partial charge in [0.15, 0.2) is 0 Å². The molecule has 0 aliphatic carbocycles. The Labute approximate surface area is 123 Å². The van der Waals surface area contributed by atoms with Crippen LogP contribution in [0.1, 0.15) is 5.56 Å². The Morgan fingerprint density at radius 1 is 0.810 bits per heavy atom. The minimum atomic E-state index is -0.380. The van der Waals surface area contributed by atoms with Crippen LogP contribution in [0.3, 0.4) is 0 Å². The molecule has 3 rings (SSSR count). The summed E-state index contributed by atoms with van der Waals surface area (Å²) in [5.41, 5.74) is 0.966. The molecular formula is C19H14O2. The number of carbonyl (C=O) groups excluding carboxylic acids is 1. The summed E-state index contributed by atoms with van der Waals surface area (Å²) < 4.78 is 5.32. The number of benzene rings is 3. The largest absolute Gasteiger partial charge is 0.423 e. The van der Waals surface area contributed by atoms with Gasteiger partial charge in [0.05, 0.1) is 0 Å². The van der Waals surface area contributed by atoms with Crippen LogP contribution in [0.25, 0.3) is 16.8 Å². The normalized spacial score (nSPS) is 10.9. The van der Waals surface area contributed by atoms with Gasteiger partial charge >= 0.3 is 5.97 Å². The predicted molar refractivity (Wildman–Crippen MR) is 85.1 cm³/mol. The topological polar surface area (TPSA) is 26.3 Å². The summed E-state index contributed by atoms with van der Waals surface area (Å²) in [7, 11) is 0. The zero-order valence-electron chi connectivity index (χ0n) is 11.4. The maximum absolute atomic E-state index is 11.8. The molecule has 0 aromatic heterocycles. The summed E-state index contributed by atoms with van der Waals surface area (Å²) in [5.74, 6) is 0.172. The lowest BCUT2D eigenvalue weighted by Crippen LogP contribution is -2.03. The van der Waals surface area contributed by atoms with E-state index in [9.17, 15) is 4.79 Å². The highest BCUT2D eigenvalue weighted by molar-refractivity contribution is 5.90. The number of rotatable bonds is 3. The van der Waals surface area contributed by atoms with Crippen LogP contribution in [-0.4, -0.2) is 5.97 Å². The molecule has 0 bridgehead atoms. The van der Waals surface area contributed by atoms with Gasteiger partial charge in [-0.2, -0.15) is 0 Å². The molecule has 0 unspecified atom stereocenters. The lowest BCUT2D eigenvalue weighted by Gasteiger charge is -2.03. The van der Waals surface area contributed by atoms with Crippen molar-refractivity contribution in [1.29, 1.82) is 0 Å². The van der Waals surface area contributed by atoms with E-state index in [1.165, 1.54) is 6.08 Å². The van der Waals surface area contributed by atoms with Gasteiger partial charge in [0.25, 0.3) is 0 Å². The SMILES string of the molecule is O=C(/C=C\c1ccccc1)Oc1ccc2ccccc2c1. The van der Waals surface area contributed by atoms with Crippen LogP contribution in [0.5, 0.6) is 5.75 Å². The summed E-state index contributed by atoms with van der Waals surface area (Å²) >= 11 is 0. The molecule has 102 valence electrons. The Balaban J connectivity index is 1.73. The Hall–Kier alpha value is -2.87. The van der Waals surface area contributed by atoms with Crippen LogP contribution >= 0.6 is 0 Å². The second-order valence-corrected chi connectivity index (χ2v) is 4.67. The van der Waals surface area contributed by atoms with Gasteiger partial charge < -0.3 is 4.74 Å². The smallest absolute Gasteiger partial charge is 0.336 e. The highest BCUT2D eigenvalue weighted by Gasteiger charge is 2.01. The van der Waals surface area contributed by atoms with E-state index >= 15 is 0 Å². The van der Waals surface area contributed by atoms with Crippen molar-refractivity contribution in [3.63, 3.8) is 0 Å². The van der Waals surface area contributed by atoms with Crippen LogP contribution in [0.4, 0.5) is 0 Å². The fourth-order valence-electron chi connectivity index (χ4n) is 2.11. The first-order chi connectivity index (χ1) is 10.3. The minimum Gasteiger partial charge on any atom is -0.423 e. The van der Waals surface area contributed by atoms with Crippen molar-refractivity contribution in [3.8, 4) is 5.75 Å². The van der Waals surface area contributed by atoms with Crippen molar-refractivity contribution < 1.29 is 9.53 Å². The molecule has 0 radical (unpaired) electrons. The number of ether oxygens (including phenoxy) is 1. The lowest BCUT2D eigenvalue weighted by molar-refractivity contribution is -0.128. The first-order valence-corrected chi connectivity index (χ1v) is 6.75. The summed E-state index contributed by atoms with van der Waals surface area (Å²) in [6, 6.07) is 23.2. The molecule has 0 atom stereocenters. The number of fused-ring (bicyclic) bond motifs is 1. The van der Waals surface area contributed by atoms with Gasteiger partial charge in [0.2, 0.25) is 0 Å². The zero-order chi connectivity index (χ0) is 14.5. The molecule has 21 heavy (non-hydrogen) atoms. The van der Waals surface area contributed by atoms with E-state index in [4.69, 9.17) is 4.74 Å². The Bertz CT molecular complexity index is 789. The first kappa shape index (κ1) is 13.1. The van der Waals surface area contributed by atoms with E-state index in [1.54, 1.807) is 12.1 Å². The molecule has 0 saturated heterocycles. The Kier molecular flexibility index (Phi) is 3.79. The van der Waals surface area contributed by atoms with E-state index in [-0.39, 0.29) is 5.97 Å². The van der Waals surface area contributed by atoms with Gasteiger partial charge in [-0.15, -0.1) is 0 Å². The van der Waals surface area contributed by atoms with Gasteiger partial charge in [-0.3, -0.25) is 0 Å². The molecule has 0 fully saturated rings. The highest BCUT2D eigenvalue weighted by atomic mass is 16.5. The third kappa shape index (κ3) is 3.37. The quantitative estimate of drug-likeness (QED) is 0.400. The van der Waals surface area contributed by atoms with Gasteiger partial charge in [-0.1, -0.05) is 60.7 Å². The molecular weight excluding hydrogens is 260 g/mol. The lowest BCUT2D eigenvalue weighted by atomic mass is 10.1. The van der Waals surface area contributed by atoms with E-state index in [0.717, 1.165) is 16.3 Å². The third-order valence-electron chi connectivity index (χ3n) is 3.15. The van der Waals surface area contributed by atoms with E-state index in [1.807, 2.05) is 66.7 Å². The van der Waals surface area contributed by atoms with E-state index in [2.05, 4.69) is 0 Å². The average Bonchev–Trinajstić information content (AvgIpc) is 2.54. The molecule has 0 saturated carbocycles. The molecule has 3 aromatic carbocycles.